The zero-order valence-corrected chi connectivity index (χ0v) is 11.6. The molecule has 0 saturated heterocycles. The van der Waals surface area contributed by atoms with E-state index in [2.05, 4.69) is 20.9 Å². The molecule has 0 aromatic carbocycles. The van der Waals surface area contributed by atoms with E-state index in [0.29, 0.717) is 6.42 Å². The molecule has 0 saturated carbocycles. The second kappa shape index (κ2) is 5.01. The van der Waals surface area contributed by atoms with Gasteiger partial charge in [0.2, 0.25) is 0 Å². The molecule has 0 spiro atoms. The predicted molar refractivity (Wildman–Crippen MR) is 70.2 cm³/mol. The summed E-state index contributed by atoms with van der Waals surface area (Å²) in [5, 5.41) is 10.7. The van der Waals surface area contributed by atoms with Crippen LogP contribution < -0.4 is 0 Å². The number of aromatic nitrogens is 2. The third kappa shape index (κ3) is 2.95. The summed E-state index contributed by atoms with van der Waals surface area (Å²) in [7, 11) is 1.89. The van der Waals surface area contributed by atoms with E-state index in [0.717, 1.165) is 20.9 Å². The highest BCUT2D eigenvalue weighted by Crippen LogP contribution is 2.29. The lowest BCUT2D eigenvalue weighted by Crippen LogP contribution is -2.02. The van der Waals surface area contributed by atoms with Gasteiger partial charge in [0.05, 0.1) is 17.0 Å². The van der Waals surface area contributed by atoms with Gasteiger partial charge >= 0.3 is 5.97 Å². The van der Waals surface area contributed by atoms with Crippen LogP contribution in [0.25, 0.3) is 10.6 Å². The summed E-state index contributed by atoms with van der Waals surface area (Å²) < 4.78 is 2.92. The molecular formula is C11H11BrN2O2S. The van der Waals surface area contributed by atoms with Crippen LogP contribution in [0.2, 0.25) is 0 Å². The largest absolute Gasteiger partial charge is 0.481 e. The van der Waals surface area contributed by atoms with Gasteiger partial charge in [0.15, 0.2) is 0 Å². The lowest BCUT2D eigenvalue weighted by molar-refractivity contribution is -0.137. The Bertz CT molecular complexity index is 547. The zero-order chi connectivity index (χ0) is 12.4. The van der Waals surface area contributed by atoms with Crippen LogP contribution in [0.4, 0.5) is 0 Å². The monoisotopic (exact) mass is 314 g/mol. The predicted octanol–water partition coefficient (Wildman–Crippen LogP) is 2.93. The fraction of sp³-hybridized carbons (Fsp3) is 0.273. The average Bonchev–Trinajstić information content (AvgIpc) is 2.82. The Kier molecular flexibility index (Phi) is 3.63. The molecule has 17 heavy (non-hydrogen) atoms. The Morgan fingerprint density at radius 2 is 2.41 bits per heavy atom. The molecule has 6 heteroatoms. The molecule has 2 heterocycles. The molecule has 0 aliphatic heterocycles. The highest BCUT2D eigenvalue weighted by Gasteiger charge is 2.10. The van der Waals surface area contributed by atoms with Crippen LogP contribution in [-0.4, -0.2) is 20.6 Å². The van der Waals surface area contributed by atoms with Crippen molar-refractivity contribution in [2.75, 3.05) is 0 Å². The Balaban J connectivity index is 2.21. The third-order valence-electron chi connectivity index (χ3n) is 2.35. The van der Waals surface area contributed by atoms with E-state index in [-0.39, 0.29) is 6.42 Å². The van der Waals surface area contributed by atoms with Crippen molar-refractivity contribution >= 4 is 33.2 Å². The molecule has 0 atom stereocenters. The summed E-state index contributed by atoms with van der Waals surface area (Å²) in [6.45, 7) is 0. The molecule has 0 radical (unpaired) electrons. The van der Waals surface area contributed by atoms with Gasteiger partial charge in [0.25, 0.3) is 0 Å². The van der Waals surface area contributed by atoms with E-state index >= 15 is 0 Å². The van der Waals surface area contributed by atoms with Crippen molar-refractivity contribution in [3.63, 3.8) is 0 Å². The molecule has 0 unspecified atom stereocenters. The van der Waals surface area contributed by atoms with E-state index in [1.165, 1.54) is 0 Å². The molecule has 0 amide bonds. The van der Waals surface area contributed by atoms with Crippen molar-refractivity contribution in [2.45, 2.75) is 12.8 Å². The Labute approximate surface area is 111 Å². The minimum absolute atomic E-state index is 0.110. The maximum absolute atomic E-state index is 10.5. The van der Waals surface area contributed by atoms with Crippen LogP contribution in [0.5, 0.6) is 0 Å². The van der Waals surface area contributed by atoms with Gasteiger partial charge < -0.3 is 9.67 Å². The van der Waals surface area contributed by atoms with Crippen LogP contribution in [-0.2, 0) is 18.3 Å². The molecule has 0 fully saturated rings. The van der Waals surface area contributed by atoms with E-state index in [1.54, 1.807) is 11.3 Å². The number of imidazole rings is 1. The number of hydrogen-bond acceptors (Lipinski definition) is 3. The van der Waals surface area contributed by atoms with Gasteiger partial charge in [-0.3, -0.25) is 4.79 Å². The van der Waals surface area contributed by atoms with Crippen molar-refractivity contribution in [1.82, 2.24) is 9.55 Å². The number of rotatable bonds is 4. The van der Waals surface area contributed by atoms with Crippen molar-refractivity contribution in [3.8, 4) is 10.6 Å². The smallest absolute Gasteiger partial charge is 0.303 e. The van der Waals surface area contributed by atoms with Gasteiger partial charge in [-0.25, -0.2) is 4.98 Å². The lowest BCUT2D eigenvalue weighted by Gasteiger charge is -1.97. The summed E-state index contributed by atoms with van der Waals surface area (Å²) in [6.07, 6.45) is 2.49. The van der Waals surface area contributed by atoms with Crippen LogP contribution in [0, 0.1) is 0 Å². The number of carboxylic acids is 1. The normalized spacial score (nSPS) is 10.7. The van der Waals surface area contributed by atoms with Crippen LogP contribution >= 0.6 is 27.3 Å². The Morgan fingerprint density at radius 3 is 3.00 bits per heavy atom. The summed E-state index contributed by atoms with van der Waals surface area (Å²) in [4.78, 5) is 16.1. The first-order valence-corrected chi connectivity index (χ1v) is 6.72. The fourth-order valence-corrected chi connectivity index (χ4v) is 2.90. The molecule has 2 rings (SSSR count). The number of halogens is 1. The van der Waals surface area contributed by atoms with E-state index < -0.39 is 5.97 Å². The highest BCUT2D eigenvalue weighted by atomic mass is 79.9. The van der Waals surface area contributed by atoms with Crippen LogP contribution in [0.1, 0.15) is 12.2 Å². The maximum atomic E-state index is 10.5. The molecule has 0 aliphatic carbocycles. The number of aryl methyl sites for hydroxylation is 2. The second-order valence-electron chi connectivity index (χ2n) is 3.68. The summed E-state index contributed by atoms with van der Waals surface area (Å²) in [5.74, 6) is 0.000315. The Hall–Kier alpha value is -1.14. The Morgan fingerprint density at radius 1 is 1.65 bits per heavy atom. The van der Waals surface area contributed by atoms with Gasteiger partial charge in [-0.2, -0.15) is 0 Å². The standard InChI is InChI=1S/C11H11BrN2O2S/c1-14-5-8(9-4-7(12)6-17-9)13-10(14)2-3-11(15)16/h4-6H,2-3H2,1H3,(H,15,16). The molecule has 0 aliphatic rings. The van der Waals surface area contributed by atoms with Crippen molar-refractivity contribution < 1.29 is 9.90 Å². The van der Waals surface area contributed by atoms with Gasteiger partial charge in [-0.05, 0) is 22.0 Å². The third-order valence-corrected chi connectivity index (χ3v) is 4.07. The van der Waals surface area contributed by atoms with Crippen LogP contribution in [0.3, 0.4) is 0 Å². The fourth-order valence-electron chi connectivity index (χ4n) is 1.52. The quantitative estimate of drug-likeness (QED) is 0.944. The first-order chi connectivity index (χ1) is 8.06. The molecule has 4 nitrogen and oxygen atoms in total. The van der Waals surface area contributed by atoms with Crippen molar-refractivity contribution in [2.24, 2.45) is 7.05 Å². The first kappa shape index (κ1) is 12.3. The first-order valence-electron chi connectivity index (χ1n) is 5.04. The number of nitrogens with zero attached hydrogens (tertiary/aromatic N) is 2. The van der Waals surface area contributed by atoms with E-state index in [1.807, 2.05) is 29.3 Å². The van der Waals surface area contributed by atoms with Gasteiger partial charge in [-0.1, -0.05) is 0 Å². The summed E-state index contributed by atoms with van der Waals surface area (Å²) in [6, 6.07) is 2.01. The van der Waals surface area contributed by atoms with E-state index in [4.69, 9.17) is 5.11 Å². The SMILES string of the molecule is Cn1cc(-c2cc(Br)cs2)nc1CCC(=O)O. The van der Waals surface area contributed by atoms with E-state index in [9.17, 15) is 4.79 Å². The lowest BCUT2D eigenvalue weighted by atomic mass is 10.3. The van der Waals surface area contributed by atoms with Gasteiger partial charge in [0.1, 0.15) is 5.82 Å². The molecule has 2 aromatic heterocycles. The zero-order valence-electron chi connectivity index (χ0n) is 9.18. The van der Waals surface area contributed by atoms with Crippen LogP contribution in [0.15, 0.2) is 22.1 Å². The summed E-state index contributed by atoms with van der Waals surface area (Å²) in [5.41, 5.74) is 0.892. The minimum atomic E-state index is -0.798. The number of carbonyl (C=O) groups is 1. The van der Waals surface area contributed by atoms with Crippen molar-refractivity contribution in [3.05, 3.63) is 27.9 Å². The number of aliphatic carboxylic acids is 1. The number of carboxylic acid groups (broad SMARTS) is 1. The second-order valence-corrected chi connectivity index (χ2v) is 5.50. The van der Waals surface area contributed by atoms with Crippen molar-refractivity contribution in [1.29, 1.82) is 0 Å². The summed E-state index contributed by atoms with van der Waals surface area (Å²) >= 11 is 5.01. The number of hydrogen-bond donors (Lipinski definition) is 1. The number of thiophene rings is 1. The molecule has 2 aromatic rings. The molecule has 1 N–H and O–H groups in total. The molecule has 0 bridgehead atoms. The molecular weight excluding hydrogens is 304 g/mol. The topological polar surface area (TPSA) is 55.1 Å². The van der Waals surface area contributed by atoms with Gasteiger partial charge in [0, 0.05) is 29.5 Å². The van der Waals surface area contributed by atoms with Gasteiger partial charge in [-0.15, -0.1) is 11.3 Å². The average molecular weight is 315 g/mol. The maximum Gasteiger partial charge on any atom is 0.303 e. The minimum Gasteiger partial charge on any atom is -0.481 e. The molecule has 90 valence electrons. The highest BCUT2D eigenvalue weighted by molar-refractivity contribution is 9.10.